The monoisotopic (exact) mass is 517 g/mol. The number of aromatic nitrogens is 3. The summed E-state index contributed by atoms with van der Waals surface area (Å²) in [5.41, 5.74) is 2.44. The molecular weight excluding hydrogens is 474 g/mol. The van der Waals surface area contributed by atoms with E-state index >= 15 is 0 Å². The van der Waals surface area contributed by atoms with Crippen LogP contribution in [0.5, 0.6) is 0 Å². The fraction of sp³-hybridized carbons (Fsp3) is 0.750. The molecule has 0 aliphatic heterocycles. The molecule has 1 unspecified atom stereocenters. The summed E-state index contributed by atoms with van der Waals surface area (Å²) in [6, 6.07) is 0. The number of allylic oxidation sites excluding steroid dienone is 2. The van der Waals surface area contributed by atoms with E-state index in [-0.39, 0.29) is 38.9 Å². The van der Waals surface area contributed by atoms with Crippen LogP contribution in [0, 0.1) is 46.3 Å². The summed E-state index contributed by atoms with van der Waals surface area (Å²) < 4.78 is 11.7. The fourth-order valence-corrected chi connectivity index (χ4v) is 10.7. The maximum absolute atomic E-state index is 14.6. The molecule has 0 saturated heterocycles. The van der Waals surface area contributed by atoms with Crippen molar-refractivity contribution in [2.45, 2.75) is 111 Å². The van der Waals surface area contributed by atoms with Crippen molar-refractivity contribution in [1.29, 1.82) is 0 Å². The highest BCUT2D eigenvalue weighted by molar-refractivity contribution is 5.95. The molecule has 0 spiro atoms. The van der Waals surface area contributed by atoms with Crippen LogP contribution in [0.1, 0.15) is 115 Å². The smallest absolute Gasteiger partial charge is 0.233 e. The summed E-state index contributed by atoms with van der Waals surface area (Å²) in [4.78, 5) is 19.4. The summed E-state index contributed by atoms with van der Waals surface area (Å²) in [6.07, 6.45) is 12.5. The van der Waals surface area contributed by atoms with E-state index in [1.807, 2.05) is 13.1 Å². The zero-order valence-corrected chi connectivity index (χ0v) is 24.2. The van der Waals surface area contributed by atoms with Crippen molar-refractivity contribution in [1.82, 2.24) is 15.3 Å². The molecule has 0 radical (unpaired) electrons. The molecule has 5 aliphatic carbocycles. The molecule has 7 rings (SSSR count). The molecule has 6 heteroatoms. The fourth-order valence-electron chi connectivity index (χ4n) is 10.7. The highest BCUT2D eigenvalue weighted by Crippen LogP contribution is 2.74. The second-order valence-corrected chi connectivity index (χ2v) is 15.2. The minimum Gasteiger partial charge on any atom is -0.361 e. The van der Waals surface area contributed by atoms with Gasteiger partial charge in [-0.25, -0.2) is 0 Å². The van der Waals surface area contributed by atoms with Crippen LogP contribution in [0.3, 0.4) is 0 Å². The number of nitrogens with zero attached hydrogens (tertiary/aromatic N) is 3. The predicted molar refractivity (Wildman–Crippen MR) is 143 cm³/mol. The molecule has 38 heavy (non-hydrogen) atoms. The number of carbonyl (C=O) groups is 1. The summed E-state index contributed by atoms with van der Waals surface area (Å²) in [7, 11) is 0. The first-order valence-corrected chi connectivity index (χ1v) is 14.9. The maximum Gasteiger partial charge on any atom is 0.233 e. The van der Waals surface area contributed by atoms with Crippen molar-refractivity contribution in [2.75, 3.05) is 0 Å². The standard InChI is InChI=1S/C32H43N3O3/c1-18-21-8-9-30(6)24(29(21,5)15-20-17-33-37-26(18)20)14-23(36)25-22-16-28(3,4)10-12-32(22,13-11-31(25,30)7)27-34-19(2)35-38-27/h14,17-18,21-22,25H,8-13,15-16H2,1-7H3/t18-,21?,22+,25+,29+,30-,31-,32+/m1/s1. The van der Waals surface area contributed by atoms with Gasteiger partial charge in [-0.1, -0.05) is 57.4 Å². The van der Waals surface area contributed by atoms with E-state index < -0.39 is 0 Å². The second kappa shape index (κ2) is 7.48. The highest BCUT2D eigenvalue weighted by Gasteiger charge is 2.70. The molecule has 8 atom stereocenters. The molecule has 3 saturated carbocycles. The number of hydrogen-bond acceptors (Lipinski definition) is 6. The van der Waals surface area contributed by atoms with Crippen molar-refractivity contribution in [2.24, 2.45) is 39.4 Å². The molecule has 2 aromatic rings. The number of hydrogen-bond donors (Lipinski definition) is 0. The van der Waals surface area contributed by atoms with E-state index in [1.165, 1.54) is 11.1 Å². The van der Waals surface area contributed by atoms with Crippen molar-refractivity contribution in [3.05, 3.63) is 40.9 Å². The third-order valence-corrected chi connectivity index (χ3v) is 13.0. The van der Waals surface area contributed by atoms with E-state index in [1.54, 1.807) is 0 Å². The minimum atomic E-state index is -0.198. The molecule has 2 aromatic heterocycles. The Morgan fingerprint density at radius 1 is 0.974 bits per heavy atom. The van der Waals surface area contributed by atoms with Gasteiger partial charge in [-0.2, -0.15) is 4.98 Å². The Bertz CT molecular complexity index is 1350. The van der Waals surface area contributed by atoms with Gasteiger partial charge in [-0.15, -0.1) is 0 Å². The van der Waals surface area contributed by atoms with Crippen LogP contribution in [0.15, 0.2) is 26.9 Å². The molecule has 0 bridgehead atoms. The van der Waals surface area contributed by atoms with Crippen LogP contribution in [0.4, 0.5) is 0 Å². The SMILES string of the molecule is Cc1noc([C@]23CCC(C)(C)C[C@H]2[C@H]2C(=O)C=C4[C@@]5(C)Cc6cnoc6[C@H](C)C5CC[C@@]4(C)[C@]2(C)CC3)n1. The Balaban J connectivity index is 1.38. The summed E-state index contributed by atoms with van der Waals surface area (Å²) >= 11 is 0. The Hall–Kier alpha value is -2.24. The number of aryl methyl sites for hydroxylation is 1. The zero-order valence-electron chi connectivity index (χ0n) is 24.2. The first kappa shape index (κ1) is 24.8. The molecule has 0 aromatic carbocycles. The third-order valence-electron chi connectivity index (χ3n) is 13.0. The van der Waals surface area contributed by atoms with Gasteiger partial charge >= 0.3 is 0 Å². The lowest BCUT2D eigenvalue weighted by molar-refractivity contribution is -0.160. The van der Waals surface area contributed by atoms with Crippen LogP contribution in [-0.4, -0.2) is 21.1 Å². The molecule has 6 nitrogen and oxygen atoms in total. The topological polar surface area (TPSA) is 82.0 Å². The van der Waals surface area contributed by atoms with E-state index in [0.29, 0.717) is 23.4 Å². The van der Waals surface area contributed by atoms with Crippen molar-refractivity contribution in [3.63, 3.8) is 0 Å². The lowest BCUT2D eigenvalue weighted by Gasteiger charge is -2.68. The van der Waals surface area contributed by atoms with Crippen molar-refractivity contribution >= 4 is 5.78 Å². The second-order valence-electron chi connectivity index (χ2n) is 15.2. The summed E-state index contributed by atoms with van der Waals surface area (Å²) in [5.74, 6) is 3.85. The first-order chi connectivity index (χ1) is 17.8. The van der Waals surface area contributed by atoms with Crippen molar-refractivity contribution < 1.29 is 13.8 Å². The largest absolute Gasteiger partial charge is 0.361 e. The Morgan fingerprint density at radius 2 is 1.74 bits per heavy atom. The van der Waals surface area contributed by atoms with Gasteiger partial charge in [0.15, 0.2) is 11.6 Å². The van der Waals surface area contributed by atoms with Crippen LogP contribution in [0.25, 0.3) is 0 Å². The molecule has 5 aliphatic rings. The lowest BCUT2D eigenvalue weighted by atomic mass is 9.34. The van der Waals surface area contributed by atoms with Gasteiger partial charge in [0.2, 0.25) is 5.89 Å². The Kier molecular flexibility index (Phi) is 4.88. The molecule has 204 valence electrons. The number of rotatable bonds is 1. The molecule has 0 N–H and O–H groups in total. The van der Waals surface area contributed by atoms with Gasteiger partial charge in [0.1, 0.15) is 5.76 Å². The molecule has 0 amide bonds. The zero-order chi connectivity index (χ0) is 26.9. The quantitative estimate of drug-likeness (QED) is 0.400. The van der Waals surface area contributed by atoms with Gasteiger partial charge in [0.25, 0.3) is 0 Å². The Labute approximate surface area is 226 Å². The van der Waals surface area contributed by atoms with Gasteiger partial charge in [-0.05, 0) is 97.9 Å². The summed E-state index contributed by atoms with van der Waals surface area (Å²) in [5, 5.41) is 8.39. The number of carbonyl (C=O) groups excluding carboxylic acids is 1. The van der Waals surface area contributed by atoms with Crippen LogP contribution in [-0.2, 0) is 16.6 Å². The van der Waals surface area contributed by atoms with Gasteiger partial charge in [0, 0.05) is 17.4 Å². The van der Waals surface area contributed by atoms with Crippen LogP contribution >= 0.6 is 0 Å². The highest BCUT2D eigenvalue weighted by atomic mass is 16.5. The van der Waals surface area contributed by atoms with Crippen molar-refractivity contribution in [3.8, 4) is 0 Å². The molecule has 3 fully saturated rings. The van der Waals surface area contributed by atoms with Crippen LogP contribution in [0.2, 0.25) is 0 Å². The van der Waals surface area contributed by atoms with E-state index in [4.69, 9.17) is 14.0 Å². The van der Waals surface area contributed by atoms with Gasteiger partial charge < -0.3 is 9.05 Å². The van der Waals surface area contributed by atoms with E-state index in [9.17, 15) is 4.79 Å². The van der Waals surface area contributed by atoms with Gasteiger partial charge in [0.05, 0.1) is 11.6 Å². The van der Waals surface area contributed by atoms with Gasteiger partial charge in [-0.3, -0.25) is 4.79 Å². The Morgan fingerprint density at radius 3 is 2.47 bits per heavy atom. The van der Waals surface area contributed by atoms with Crippen LogP contribution < -0.4 is 0 Å². The average molecular weight is 518 g/mol. The average Bonchev–Trinajstić information content (AvgIpc) is 3.49. The molecule has 2 heterocycles. The first-order valence-electron chi connectivity index (χ1n) is 14.9. The maximum atomic E-state index is 14.6. The normalized spacial score (nSPS) is 45.2. The number of fused-ring (bicyclic) bond motifs is 8. The molecular formula is C32H43N3O3. The summed E-state index contributed by atoms with van der Waals surface area (Å²) in [6.45, 7) is 16.4. The predicted octanol–water partition coefficient (Wildman–Crippen LogP) is 7.14. The number of ketones is 1. The minimum absolute atomic E-state index is 0.0240. The van der Waals surface area contributed by atoms with E-state index in [0.717, 1.165) is 63.0 Å². The van der Waals surface area contributed by atoms with E-state index in [2.05, 4.69) is 57.9 Å². The lowest BCUT2D eigenvalue weighted by Crippen LogP contribution is -2.65. The third kappa shape index (κ3) is 2.90.